The first kappa shape index (κ1) is 24.0. The fraction of sp³-hybridized carbons (Fsp3) is 0.500. The molecule has 0 amide bonds. The van der Waals surface area contributed by atoms with Gasteiger partial charge in [0, 0.05) is 48.3 Å². The van der Waals surface area contributed by atoms with Gasteiger partial charge in [0.1, 0.15) is 0 Å². The molecule has 0 radical (unpaired) electrons. The summed E-state index contributed by atoms with van der Waals surface area (Å²) in [7, 11) is 0. The second-order valence-electron chi connectivity index (χ2n) is 10.4. The quantitative estimate of drug-likeness (QED) is 0.317. The van der Waals surface area contributed by atoms with E-state index in [1.807, 2.05) is 12.1 Å². The summed E-state index contributed by atoms with van der Waals surface area (Å²) in [5.74, 6) is -2.92. The number of benzene rings is 1. The van der Waals surface area contributed by atoms with Crippen LogP contribution in [0.2, 0.25) is 0 Å². The van der Waals surface area contributed by atoms with E-state index in [0.717, 1.165) is 27.9 Å². The van der Waals surface area contributed by atoms with E-state index in [9.17, 15) is 8.78 Å². The predicted molar refractivity (Wildman–Crippen MR) is 140 cm³/mol. The number of aromatic nitrogens is 3. The minimum absolute atomic E-state index is 0.0397. The molecule has 3 aliphatic rings. The number of pyridine rings is 1. The summed E-state index contributed by atoms with van der Waals surface area (Å²) in [6.45, 7) is 3.80. The van der Waals surface area contributed by atoms with Crippen molar-refractivity contribution in [3.8, 4) is 22.9 Å². The zero-order chi connectivity index (χ0) is 25.1. The highest BCUT2D eigenvalue weighted by atomic mass is 127. The smallest absolute Gasteiger partial charge is 0.251 e. The molecule has 2 aromatic heterocycles. The lowest BCUT2D eigenvalue weighted by atomic mass is 9.93. The maximum Gasteiger partial charge on any atom is 0.251 e. The molecule has 190 valence electrons. The Morgan fingerprint density at radius 2 is 1.50 bits per heavy atom. The Morgan fingerprint density at radius 3 is 2.17 bits per heavy atom. The van der Waals surface area contributed by atoms with E-state index in [1.165, 1.54) is 25.7 Å². The summed E-state index contributed by atoms with van der Waals surface area (Å²) in [5, 5.41) is 8.45. The highest BCUT2D eigenvalue weighted by Crippen LogP contribution is 2.54. The van der Waals surface area contributed by atoms with Crippen molar-refractivity contribution in [1.29, 1.82) is 0 Å². The van der Waals surface area contributed by atoms with Gasteiger partial charge in [0.05, 0.1) is 16.8 Å². The third-order valence-electron chi connectivity index (χ3n) is 7.83. The average molecular weight is 609 g/mol. The van der Waals surface area contributed by atoms with Gasteiger partial charge in [-0.1, -0.05) is 0 Å². The number of piperidine rings is 2. The minimum Gasteiger partial charge on any atom is -0.416 e. The normalized spacial score (nSPS) is 20.7. The highest BCUT2D eigenvalue weighted by molar-refractivity contribution is 14.1. The summed E-state index contributed by atoms with van der Waals surface area (Å²) in [5.41, 5.74) is 3.12. The van der Waals surface area contributed by atoms with Gasteiger partial charge in [-0.2, -0.15) is 0 Å². The maximum atomic E-state index is 15.6. The fourth-order valence-electron chi connectivity index (χ4n) is 5.34. The van der Waals surface area contributed by atoms with E-state index in [-0.39, 0.29) is 43.2 Å². The number of rotatable bonds is 4. The molecular weight excluding hydrogens is 582 g/mol. The SMILES string of the molecule is Cc1cc(-c2nnc(-c3ccc(I)cc3N3CCC4(CC3)CC4)o2)c(F)c(N2CCC(F)(F)CC2)n1. The molecule has 1 saturated carbocycles. The average Bonchev–Trinajstić information content (AvgIpc) is 3.42. The Balaban J connectivity index is 1.31. The van der Waals surface area contributed by atoms with E-state index >= 15 is 4.39 Å². The first-order valence-electron chi connectivity index (χ1n) is 12.4. The van der Waals surface area contributed by atoms with Gasteiger partial charge in [-0.05, 0) is 84.9 Å². The number of hydrogen-bond acceptors (Lipinski definition) is 6. The molecule has 4 heterocycles. The van der Waals surface area contributed by atoms with Crippen LogP contribution in [0.15, 0.2) is 28.7 Å². The molecule has 0 unspecified atom stereocenters. The van der Waals surface area contributed by atoms with Crippen molar-refractivity contribution in [2.75, 3.05) is 36.0 Å². The van der Waals surface area contributed by atoms with Gasteiger partial charge >= 0.3 is 0 Å². The van der Waals surface area contributed by atoms with Crippen LogP contribution >= 0.6 is 22.6 Å². The van der Waals surface area contributed by atoms with Crippen LogP contribution in [0, 0.1) is 21.7 Å². The zero-order valence-electron chi connectivity index (χ0n) is 20.0. The van der Waals surface area contributed by atoms with Crippen LogP contribution in [-0.4, -0.2) is 47.3 Å². The Kier molecular flexibility index (Phi) is 5.92. The highest BCUT2D eigenvalue weighted by Gasteiger charge is 2.44. The van der Waals surface area contributed by atoms with Crippen molar-refractivity contribution in [2.45, 2.75) is 51.4 Å². The lowest BCUT2D eigenvalue weighted by molar-refractivity contribution is -0.0222. The van der Waals surface area contributed by atoms with Crippen molar-refractivity contribution >= 4 is 34.1 Å². The fourth-order valence-corrected chi connectivity index (χ4v) is 5.81. The van der Waals surface area contributed by atoms with Crippen molar-refractivity contribution < 1.29 is 17.6 Å². The van der Waals surface area contributed by atoms with Crippen LogP contribution in [0.4, 0.5) is 24.7 Å². The van der Waals surface area contributed by atoms with Crippen LogP contribution in [0.1, 0.15) is 44.2 Å². The molecule has 10 heteroatoms. The molecule has 6 nitrogen and oxygen atoms in total. The van der Waals surface area contributed by atoms with E-state index in [4.69, 9.17) is 4.42 Å². The van der Waals surface area contributed by atoms with Crippen molar-refractivity contribution in [1.82, 2.24) is 15.2 Å². The molecule has 6 rings (SSSR count). The van der Waals surface area contributed by atoms with Crippen molar-refractivity contribution in [3.05, 3.63) is 39.3 Å². The number of hydrogen-bond donors (Lipinski definition) is 0. The summed E-state index contributed by atoms with van der Waals surface area (Å²) in [6.07, 6.45) is 4.42. The van der Waals surface area contributed by atoms with Gasteiger partial charge in [-0.25, -0.2) is 18.2 Å². The van der Waals surface area contributed by atoms with E-state index in [2.05, 4.69) is 48.7 Å². The van der Waals surface area contributed by atoms with Gasteiger partial charge in [-0.3, -0.25) is 0 Å². The Labute approximate surface area is 221 Å². The summed E-state index contributed by atoms with van der Waals surface area (Å²) in [6, 6.07) is 7.66. The van der Waals surface area contributed by atoms with Crippen LogP contribution in [0.5, 0.6) is 0 Å². The molecule has 2 saturated heterocycles. The zero-order valence-corrected chi connectivity index (χ0v) is 22.2. The monoisotopic (exact) mass is 609 g/mol. The molecule has 1 aliphatic carbocycles. The van der Waals surface area contributed by atoms with Crippen LogP contribution < -0.4 is 9.80 Å². The third-order valence-corrected chi connectivity index (χ3v) is 8.50. The first-order valence-corrected chi connectivity index (χ1v) is 13.5. The molecule has 0 atom stereocenters. The van der Waals surface area contributed by atoms with E-state index in [1.54, 1.807) is 17.9 Å². The molecule has 0 N–H and O–H groups in total. The molecule has 3 fully saturated rings. The maximum absolute atomic E-state index is 15.6. The molecule has 3 aromatic rings. The molecular formula is C26H27F3IN5O. The summed E-state index contributed by atoms with van der Waals surface area (Å²) < 4.78 is 50.0. The largest absolute Gasteiger partial charge is 0.416 e. The summed E-state index contributed by atoms with van der Waals surface area (Å²) in [4.78, 5) is 8.26. The second-order valence-corrected chi connectivity index (χ2v) is 11.6. The molecule has 36 heavy (non-hydrogen) atoms. The molecule has 2 aliphatic heterocycles. The Morgan fingerprint density at radius 1 is 0.861 bits per heavy atom. The number of nitrogens with zero attached hydrogens (tertiary/aromatic N) is 5. The van der Waals surface area contributed by atoms with Crippen LogP contribution in [0.25, 0.3) is 22.9 Å². The number of alkyl halides is 2. The van der Waals surface area contributed by atoms with Gasteiger partial charge < -0.3 is 14.2 Å². The van der Waals surface area contributed by atoms with Gasteiger partial charge in [0.15, 0.2) is 11.6 Å². The standard InChI is InChI=1S/C26H27F3IN5O/c1-16-14-19(21(27)22(31-16)35-12-8-26(28,29)9-13-35)24-33-32-23(36-24)18-3-2-17(30)15-20(18)34-10-6-25(4-5-25)7-11-34/h2-3,14-15H,4-13H2,1H3. The number of anilines is 2. The molecule has 0 bridgehead atoms. The predicted octanol–water partition coefficient (Wildman–Crippen LogP) is 6.47. The first-order chi connectivity index (χ1) is 17.2. The topological polar surface area (TPSA) is 58.3 Å². The lowest BCUT2D eigenvalue weighted by Crippen LogP contribution is -2.40. The minimum atomic E-state index is -2.72. The lowest BCUT2D eigenvalue weighted by Gasteiger charge is -2.34. The number of halogens is 4. The Bertz CT molecular complexity index is 1290. The number of aryl methyl sites for hydroxylation is 1. The van der Waals surface area contributed by atoms with Gasteiger partial charge in [0.2, 0.25) is 5.89 Å². The van der Waals surface area contributed by atoms with Crippen LogP contribution in [-0.2, 0) is 0 Å². The third kappa shape index (κ3) is 4.56. The van der Waals surface area contributed by atoms with Gasteiger partial charge in [0.25, 0.3) is 11.8 Å². The van der Waals surface area contributed by atoms with Gasteiger partial charge in [-0.15, -0.1) is 10.2 Å². The van der Waals surface area contributed by atoms with Crippen molar-refractivity contribution in [3.63, 3.8) is 0 Å². The van der Waals surface area contributed by atoms with Crippen LogP contribution in [0.3, 0.4) is 0 Å². The van der Waals surface area contributed by atoms with E-state index < -0.39 is 11.7 Å². The Hall–Kier alpha value is -2.37. The summed E-state index contributed by atoms with van der Waals surface area (Å²) >= 11 is 2.30. The van der Waals surface area contributed by atoms with Crippen molar-refractivity contribution in [2.24, 2.45) is 5.41 Å². The second kappa shape index (κ2) is 8.88. The van der Waals surface area contributed by atoms with E-state index in [0.29, 0.717) is 17.0 Å². The molecule has 1 spiro atoms. The molecule has 1 aromatic carbocycles.